The number of ether oxygens (including phenoxy) is 2. The first-order valence-corrected chi connectivity index (χ1v) is 16.2. The molecule has 4 fully saturated rings. The van der Waals surface area contributed by atoms with Gasteiger partial charge in [0, 0.05) is 37.2 Å². The van der Waals surface area contributed by atoms with E-state index in [0.29, 0.717) is 48.9 Å². The molecule has 0 saturated carbocycles. The van der Waals surface area contributed by atoms with Crippen molar-refractivity contribution >= 4 is 27.5 Å². The lowest BCUT2D eigenvalue weighted by atomic mass is 9.95. The number of aromatic nitrogens is 3. The van der Waals surface area contributed by atoms with Gasteiger partial charge in [-0.25, -0.2) is 13.8 Å². The molecule has 2 aromatic heterocycles. The Morgan fingerprint density at radius 3 is 2.96 bits per heavy atom. The monoisotopic (exact) mass is 614 g/mol. The van der Waals surface area contributed by atoms with Crippen molar-refractivity contribution in [2.24, 2.45) is 0 Å². The fourth-order valence-corrected chi connectivity index (χ4v) is 8.78. The third kappa shape index (κ3) is 4.19. The Bertz CT molecular complexity index is 1860. The highest BCUT2D eigenvalue weighted by molar-refractivity contribution is 6.03. The van der Waals surface area contributed by atoms with Gasteiger partial charge < -0.3 is 24.8 Å². The Morgan fingerprint density at radius 1 is 1.16 bits per heavy atom. The number of phenolic OH excluding ortho intramolecular Hbond substituents is 1. The van der Waals surface area contributed by atoms with Crippen LogP contribution in [-0.4, -0.2) is 87.6 Å². The molecule has 45 heavy (non-hydrogen) atoms. The standard InChI is InChI=1S/C34H36F2N6O3/c1-2-18-5-3-6-19-11-22(43)12-23(26(18)19)29-28(36)30-27-31(42-15-21-7-8-24(37-21)25(42)16-44-32(27)38-29)40-33(39-30)45-17-34-9-4-10-41(34)14-20(35)13-34/h3,5-6,11-12,20-21,24-25,37,43H,2,4,7-10,13-17H2,1H3/t20-,21?,24-,25-,34-/m0/s1. The summed E-state index contributed by atoms with van der Waals surface area (Å²) in [5, 5.41) is 16.5. The summed E-state index contributed by atoms with van der Waals surface area (Å²) >= 11 is 0. The average molecular weight is 615 g/mol. The minimum atomic E-state index is -0.885. The van der Waals surface area contributed by atoms with Crippen molar-refractivity contribution in [3.05, 3.63) is 41.7 Å². The number of phenols is 1. The maximum Gasteiger partial charge on any atom is 0.319 e. The van der Waals surface area contributed by atoms with Crippen LogP contribution < -0.4 is 19.7 Å². The lowest BCUT2D eigenvalue weighted by Crippen LogP contribution is -2.60. The van der Waals surface area contributed by atoms with Crippen molar-refractivity contribution in [3.63, 3.8) is 0 Å². The lowest BCUT2D eigenvalue weighted by Gasteiger charge is -2.40. The number of aryl methyl sites for hydroxylation is 1. The smallest absolute Gasteiger partial charge is 0.319 e. The van der Waals surface area contributed by atoms with E-state index in [1.807, 2.05) is 25.1 Å². The summed E-state index contributed by atoms with van der Waals surface area (Å²) < 4.78 is 44.3. The quantitative estimate of drug-likeness (QED) is 0.325. The highest BCUT2D eigenvalue weighted by Crippen LogP contribution is 2.45. The molecule has 5 aliphatic rings. The van der Waals surface area contributed by atoms with Gasteiger partial charge in [0.15, 0.2) is 5.82 Å². The summed E-state index contributed by atoms with van der Waals surface area (Å²) in [5.41, 5.74) is 1.24. The molecule has 2 bridgehead atoms. The minimum absolute atomic E-state index is 0.0187. The van der Waals surface area contributed by atoms with Gasteiger partial charge in [0.25, 0.3) is 0 Å². The number of benzene rings is 2. The molecule has 0 amide bonds. The van der Waals surface area contributed by atoms with Gasteiger partial charge in [-0.15, -0.1) is 0 Å². The second-order valence-corrected chi connectivity index (χ2v) is 13.4. The van der Waals surface area contributed by atoms with Crippen LogP contribution in [0, 0.1) is 5.82 Å². The molecule has 9 rings (SSSR count). The molecular weight excluding hydrogens is 578 g/mol. The van der Waals surface area contributed by atoms with Crippen molar-refractivity contribution in [1.29, 1.82) is 0 Å². The van der Waals surface area contributed by atoms with Gasteiger partial charge in [0.2, 0.25) is 5.88 Å². The average Bonchev–Trinajstić information content (AvgIpc) is 3.67. The second kappa shape index (κ2) is 10.1. The normalized spacial score (nSPS) is 28.7. The largest absolute Gasteiger partial charge is 0.508 e. The van der Waals surface area contributed by atoms with Crippen LogP contribution in [0.1, 0.15) is 44.6 Å². The van der Waals surface area contributed by atoms with Crippen LogP contribution >= 0.6 is 0 Å². The number of halogens is 2. The molecule has 0 aliphatic carbocycles. The Balaban J connectivity index is 1.24. The third-order valence-corrected chi connectivity index (χ3v) is 10.8. The Hall–Kier alpha value is -3.83. The molecule has 5 atom stereocenters. The molecule has 234 valence electrons. The summed E-state index contributed by atoms with van der Waals surface area (Å²) in [6, 6.07) is 9.68. The number of hydrogen-bond donors (Lipinski definition) is 2. The summed E-state index contributed by atoms with van der Waals surface area (Å²) in [7, 11) is 0. The summed E-state index contributed by atoms with van der Waals surface area (Å²) in [4.78, 5) is 18.8. The van der Waals surface area contributed by atoms with E-state index in [0.717, 1.165) is 55.0 Å². The Kier molecular flexibility index (Phi) is 6.16. The molecular formula is C34H36F2N6O3. The maximum absolute atomic E-state index is 17.0. The fourth-order valence-electron chi connectivity index (χ4n) is 8.78. The highest BCUT2D eigenvalue weighted by atomic mass is 19.1. The number of nitrogens with zero attached hydrogens (tertiary/aromatic N) is 5. The number of hydrogen-bond acceptors (Lipinski definition) is 9. The number of fused-ring (bicyclic) bond motifs is 7. The van der Waals surface area contributed by atoms with Gasteiger partial charge in [-0.05, 0) is 67.1 Å². The zero-order valence-electron chi connectivity index (χ0n) is 25.2. The third-order valence-electron chi connectivity index (χ3n) is 10.8. The van der Waals surface area contributed by atoms with Gasteiger partial charge in [0.05, 0.1) is 11.6 Å². The van der Waals surface area contributed by atoms with Crippen LogP contribution in [0.15, 0.2) is 30.3 Å². The number of nitrogens with one attached hydrogen (secondary N) is 1. The second-order valence-electron chi connectivity index (χ2n) is 13.4. The van der Waals surface area contributed by atoms with Crippen LogP contribution in [0.5, 0.6) is 17.6 Å². The van der Waals surface area contributed by atoms with Crippen molar-refractivity contribution in [3.8, 4) is 28.9 Å². The summed E-state index contributed by atoms with van der Waals surface area (Å²) in [5.74, 6) is 0.240. The molecule has 9 nitrogen and oxygen atoms in total. The van der Waals surface area contributed by atoms with Crippen molar-refractivity contribution in [1.82, 2.24) is 25.2 Å². The van der Waals surface area contributed by atoms with Crippen LogP contribution in [0.25, 0.3) is 32.9 Å². The molecule has 0 spiro atoms. The minimum Gasteiger partial charge on any atom is -0.508 e. The van der Waals surface area contributed by atoms with Gasteiger partial charge in [-0.1, -0.05) is 25.1 Å². The van der Waals surface area contributed by atoms with Crippen LogP contribution in [0.4, 0.5) is 14.6 Å². The van der Waals surface area contributed by atoms with Gasteiger partial charge in [-0.3, -0.25) is 4.90 Å². The zero-order valence-corrected chi connectivity index (χ0v) is 25.2. The SMILES string of the molecule is CCc1cccc2cc(O)cc(-c3nc4c5c(nc(OC[C@@]67CCCN6C[C@@H](F)C7)nc5c3F)N3CC5CC[C@H](N5)[C@@H]3CO4)c12. The number of piperazine rings is 1. The maximum atomic E-state index is 17.0. The lowest BCUT2D eigenvalue weighted by molar-refractivity contribution is 0.107. The predicted octanol–water partition coefficient (Wildman–Crippen LogP) is 4.91. The molecule has 5 aliphatic heterocycles. The van der Waals surface area contributed by atoms with E-state index in [-0.39, 0.29) is 47.5 Å². The number of rotatable bonds is 5. The number of anilines is 1. The number of alkyl halides is 1. The first-order chi connectivity index (χ1) is 21.9. The van der Waals surface area contributed by atoms with Crippen LogP contribution in [0.3, 0.4) is 0 Å². The van der Waals surface area contributed by atoms with Crippen molar-refractivity contribution in [2.45, 2.75) is 75.3 Å². The molecule has 1 unspecified atom stereocenters. The Labute approximate surface area is 259 Å². The summed E-state index contributed by atoms with van der Waals surface area (Å²) in [6.45, 7) is 4.63. The first-order valence-electron chi connectivity index (χ1n) is 16.2. The number of aromatic hydroxyl groups is 1. The van der Waals surface area contributed by atoms with Crippen molar-refractivity contribution < 1.29 is 23.4 Å². The van der Waals surface area contributed by atoms with E-state index in [2.05, 4.69) is 20.1 Å². The van der Waals surface area contributed by atoms with Crippen LogP contribution in [-0.2, 0) is 6.42 Å². The van der Waals surface area contributed by atoms with E-state index >= 15 is 4.39 Å². The van der Waals surface area contributed by atoms with E-state index in [9.17, 15) is 9.50 Å². The molecule has 7 heterocycles. The molecule has 11 heteroatoms. The zero-order chi connectivity index (χ0) is 30.4. The molecule has 0 radical (unpaired) electrons. The van der Waals surface area contributed by atoms with E-state index in [4.69, 9.17) is 19.4 Å². The summed E-state index contributed by atoms with van der Waals surface area (Å²) in [6.07, 6.45) is 4.18. The van der Waals surface area contributed by atoms with Gasteiger partial charge in [-0.2, -0.15) is 9.97 Å². The number of pyridine rings is 1. The van der Waals surface area contributed by atoms with E-state index in [1.165, 1.54) is 0 Å². The molecule has 2 aromatic carbocycles. The topological polar surface area (TPSA) is 95.9 Å². The molecule has 2 N–H and O–H groups in total. The fraction of sp³-hybridized carbons (Fsp3) is 0.500. The van der Waals surface area contributed by atoms with E-state index < -0.39 is 17.5 Å². The predicted molar refractivity (Wildman–Crippen MR) is 166 cm³/mol. The van der Waals surface area contributed by atoms with Gasteiger partial charge in [0.1, 0.15) is 47.5 Å². The highest BCUT2D eigenvalue weighted by Gasteiger charge is 2.50. The van der Waals surface area contributed by atoms with Crippen LogP contribution in [0.2, 0.25) is 0 Å². The van der Waals surface area contributed by atoms with Gasteiger partial charge >= 0.3 is 6.01 Å². The first kappa shape index (κ1) is 27.5. The van der Waals surface area contributed by atoms with E-state index in [1.54, 1.807) is 12.1 Å². The molecule has 4 saturated heterocycles. The molecule has 4 aromatic rings. The Morgan fingerprint density at radius 2 is 2.07 bits per heavy atom. The van der Waals surface area contributed by atoms with Crippen molar-refractivity contribution in [2.75, 3.05) is 37.7 Å².